The molecular weight excluding hydrogens is 212 g/mol. The number of primary sulfonamides is 1. The van der Waals surface area contributed by atoms with Crippen molar-refractivity contribution in [1.82, 2.24) is 5.32 Å². The molecule has 0 aromatic carbocycles. The highest BCUT2D eigenvalue weighted by Crippen LogP contribution is 2.26. The zero-order chi connectivity index (χ0) is 11.3. The Balaban J connectivity index is 2.20. The first-order valence-electron chi connectivity index (χ1n) is 5.73. The minimum absolute atomic E-state index is 0.0318. The zero-order valence-electron chi connectivity index (χ0n) is 9.41. The predicted molar refractivity (Wildman–Crippen MR) is 62.0 cm³/mol. The lowest BCUT2D eigenvalue weighted by molar-refractivity contribution is 0.285. The summed E-state index contributed by atoms with van der Waals surface area (Å²) in [6.45, 7) is 2.61. The third kappa shape index (κ3) is 5.49. The fourth-order valence-corrected chi connectivity index (χ4v) is 2.63. The SMILES string of the molecule is C[C@H](NCCS(N)(=O)=O)C1CCCCC1. The van der Waals surface area contributed by atoms with Crippen LogP contribution in [0.25, 0.3) is 0 Å². The monoisotopic (exact) mass is 234 g/mol. The van der Waals surface area contributed by atoms with Gasteiger partial charge in [0.2, 0.25) is 10.0 Å². The summed E-state index contributed by atoms with van der Waals surface area (Å²) in [7, 11) is -3.31. The van der Waals surface area contributed by atoms with E-state index in [9.17, 15) is 8.42 Å². The molecule has 1 saturated carbocycles. The lowest BCUT2D eigenvalue weighted by Gasteiger charge is -2.28. The molecule has 1 rings (SSSR count). The van der Waals surface area contributed by atoms with Gasteiger partial charge in [-0.3, -0.25) is 0 Å². The van der Waals surface area contributed by atoms with Gasteiger partial charge in [0.15, 0.2) is 0 Å². The number of rotatable bonds is 5. The maximum atomic E-state index is 10.7. The molecule has 0 bridgehead atoms. The van der Waals surface area contributed by atoms with Gasteiger partial charge in [-0.25, -0.2) is 13.6 Å². The maximum absolute atomic E-state index is 10.7. The van der Waals surface area contributed by atoms with Gasteiger partial charge in [-0.05, 0) is 25.7 Å². The van der Waals surface area contributed by atoms with Crippen molar-refractivity contribution < 1.29 is 8.42 Å². The summed E-state index contributed by atoms with van der Waals surface area (Å²) < 4.78 is 21.5. The summed E-state index contributed by atoms with van der Waals surface area (Å²) in [6, 6.07) is 0.409. The van der Waals surface area contributed by atoms with Gasteiger partial charge in [-0.1, -0.05) is 19.3 Å². The van der Waals surface area contributed by atoms with Crippen LogP contribution in [-0.2, 0) is 10.0 Å². The largest absolute Gasteiger partial charge is 0.313 e. The molecule has 0 aromatic heterocycles. The predicted octanol–water partition coefficient (Wildman–Crippen LogP) is 0.833. The first-order chi connectivity index (χ1) is 6.99. The highest BCUT2D eigenvalue weighted by atomic mass is 32.2. The fourth-order valence-electron chi connectivity index (χ4n) is 2.23. The number of nitrogens with two attached hydrogens (primary N) is 1. The molecular formula is C10H22N2O2S. The average Bonchev–Trinajstić information content (AvgIpc) is 2.17. The van der Waals surface area contributed by atoms with E-state index < -0.39 is 10.0 Å². The second-order valence-electron chi connectivity index (χ2n) is 4.51. The third-order valence-corrected chi connectivity index (χ3v) is 3.98. The number of hydrogen-bond acceptors (Lipinski definition) is 3. The second-order valence-corrected chi connectivity index (χ2v) is 6.24. The van der Waals surface area contributed by atoms with Crippen LogP contribution < -0.4 is 10.5 Å². The van der Waals surface area contributed by atoms with Crippen LogP contribution in [0.4, 0.5) is 0 Å². The standard InChI is InChI=1S/C10H22N2O2S/c1-9(10-5-3-2-4-6-10)12-7-8-15(11,13)14/h9-10,12H,2-8H2,1H3,(H2,11,13,14)/t9-/m0/s1. The Bertz CT molecular complexity index is 271. The van der Waals surface area contributed by atoms with Gasteiger partial charge in [0.25, 0.3) is 0 Å². The molecule has 0 radical (unpaired) electrons. The van der Waals surface area contributed by atoms with Gasteiger partial charge in [0.05, 0.1) is 5.75 Å². The Kier molecular flexibility index (Phi) is 5.02. The number of hydrogen-bond donors (Lipinski definition) is 2. The molecule has 0 heterocycles. The van der Waals surface area contributed by atoms with Crippen molar-refractivity contribution in [3.63, 3.8) is 0 Å². The normalized spacial score (nSPS) is 21.5. The van der Waals surface area contributed by atoms with E-state index in [2.05, 4.69) is 12.2 Å². The molecule has 4 nitrogen and oxygen atoms in total. The minimum Gasteiger partial charge on any atom is -0.313 e. The topological polar surface area (TPSA) is 72.2 Å². The van der Waals surface area contributed by atoms with Crippen LogP contribution in [0.2, 0.25) is 0 Å². The Morgan fingerprint density at radius 3 is 2.47 bits per heavy atom. The van der Waals surface area contributed by atoms with E-state index in [1.807, 2.05) is 0 Å². The molecule has 1 fully saturated rings. The molecule has 0 saturated heterocycles. The van der Waals surface area contributed by atoms with Crippen molar-refractivity contribution >= 4 is 10.0 Å². The summed E-state index contributed by atoms with van der Waals surface area (Å²) in [5.74, 6) is 0.739. The van der Waals surface area contributed by atoms with Crippen LogP contribution in [0.15, 0.2) is 0 Å². The molecule has 0 spiro atoms. The fraction of sp³-hybridized carbons (Fsp3) is 1.00. The van der Waals surface area contributed by atoms with Crippen LogP contribution in [-0.4, -0.2) is 26.8 Å². The van der Waals surface area contributed by atoms with E-state index in [4.69, 9.17) is 5.14 Å². The van der Waals surface area contributed by atoms with E-state index in [0.29, 0.717) is 18.5 Å². The molecule has 1 aliphatic carbocycles. The zero-order valence-corrected chi connectivity index (χ0v) is 10.2. The van der Waals surface area contributed by atoms with Crippen LogP contribution in [0.1, 0.15) is 39.0 Å². The van der Waals surface area contributed by atoms with E-state index >= 15 is 0 Å². The molecule has 0 aliphatic heterocycles. The summed E-state index contributed by atoms with van der Waals surface area (Å²) in [5, 5.41) is 8.18. The van der Waals surface area contributed by atoms with Crippen molar-refractivity contribution in [1.29, 1.82) is 0 Å². The highest BCUT2D eigenvalue weighted by molar-refractivity contribution is 7.89. The first-order valence-corrected chi connectivity index (χ1v) is 7.44. The molecule has 90 valence electrons. The summed E-state index contributed by atoms with van der Waals surface area (Å²) in [5.41, 5.74) is 0. The molecule has 3 N–H and O–H groups in total. The van der Waals surface area contributed by atoms with Crippen LogP contribution in [0, 0.1) is 5.92 Å². The quantitative estimate of drug-likeness (QED) is 0.740. The molecule has 15 heavy (non-hydrogen) atoms. The summed E-state index contributed by atoms with van der Waals surface area (Å²) in [6.07, 6.45) is 6.51. The van der Waals surface area contributed by atoms with Crippen molar-refractivity contribution in [3.8, 4) is 0 Å². The first kappa shape index (κ1) is 12.9. The van der Waals surface area contributed by atoms with Crippen LogP contribution in [0.3, 0.4) is 0 Å². The van der Waals surface area contributed by atoms with Crippen LogP contribution in [0.5, 0.6) is 0 Å². The van der Waals surface area contributed by atoms with E-state index in [1.165, 1.54) is 32.1 Å². The Morgan fingerprint density at radius 1 is 1.33 bits per heavy atom. The van der Waals surface area contributed by atoms with Gasteiger partial charge in [0.1, 0.15) is 0 Å². The molecule has 0 aromatic rings. The molecule has 5 heteroatoms. The van der Waals surface area contributed by atoms with Gasteiger partial charge in [-0.15, -0.1) is 0 Å². The number of nitrogens with one attached hydrogen (secondary N) is 1. The maximum Gasteiger partial charge on any atom is 0.210 e. The van der Waals surface area contributed by atoms with Gasteiger partial charge >= 0.3 is 0 Å². The Morgan fingerprint density at radius 2 is 1.93 bits per heavy atom. The molecule has 1 atom stereocenters. The second kappa shape index (κ2) is 5.82. The lowest BCUT2D eigenvalue weighted by Crippen LogP contribution is -2.38. The van der Waals surface area contributed by atoms with Crippen molar-refractivity contribution in [2.24, 2.45) is 11.1 Å². The summed E-state index contributed by atoms with van der Waals surface area (Å²) >= 11 is 0. The highest BCUT2D eigenvalue weighted by Gasteiger charge is 2.19. The lowest BCUT2D eigenvalue weighted by atomic mass is 9.84. The van der Waals surface area contributed by atoms with Crippen molar-refractivity contribution in [3.05, 3.63) is 0 Å². The molecule has 0 unspecified atom stereocenters. The van der Waals surface area contributed by atoms with E-state index in [1.54, 1.807) is 0 Å². The van der Waals surface area contributed by atoms with Gasteiger partial charge < -0.3 is 5.32 Å². The smallest absolute Gasteiger partial charge is 0.210 e. The minimum atomic E-state index is -3.31. The Hall–Kier alpha value is -0.130. The van der Waals surface area contributed by atoms with Crippen molar-refractivity contribution in [2.75, 3.05) is 12.3 Å². The Labute approximate surface area is 92.7 Å². The number of sulfonamides is 1. The van der Waals surface area contributed by atoms with Crippen LogP contribution >= 0.6 is 0 Å². The van der Waals surface area contributed by atoms with E-state index in [-0.39, 0.29) is 5.75 Å². The molecule has 0 amide bonds. The summed E-state index contributed by atoms with van der Waals surface area (Å²) in [4.78, 5) is 0. The average molecular weight is 234 g/mol. The van der Waals surface area contributed by atoms with Gasteiger partial charge in [0, 0.05) is 12.6 Å². The van der Waals surface area contributed by atoms with E-state index in [0.717, 1.165) is 0 Å². The molecule has 1 aliphatic rings. The third-order valence-electron chi connectivity index (χ3n) is 3.21. The van der Waals surface area contributed by atoms with Gasteiger partial charge in [-0.2, -0.15) is 0 Å². The van der Waals surface area contributed by atoms with Crippen molar-refractivity contribution in [2.45, 2.75) is 45.1 Å².